The van der Waals surface area contributed by atoms with Crippen LogP contribution in [-0.2, 0) is 0 Å². The molecule has 1 aromatic carbocycles. The SMILES string of the molecule is CC(C)C1=CC=C(O)CN1c1cccc(-c2cnc3cc[nH]c3c2)c1. The van der Waals surface area contributed by atoms with Crippen molar-refractivity contribution in [2.75, 3.05) is 11.4 Å². The average Bonchev–Trinajstić information content (AvgIpc) is 3.09. The summed E-state index contributed by atoms with van der Waals surface area (Å²) in [5, 5.41) is 9.98. The molecule has 1 aliphatic rings. The van der Waals surface area contributed by atoms with Gasteiger partial charge in [0.25, 0.3) is 0 Å². The van der Waals surface area contributed by atoms with E-state index < -0.39 is 0 Å². The Morgan fingerprint density at radius 2 is 2.00 bits per heavy atom. The first-order chi connectivity index (χ1) is 12.1. The molecule has 2 aromatic heterocycles. The highest BCUT2D eigenvalue weighted by Gasteiger charge is 2.19. The number of fused-ring (bicyclic) bond motifs is 1. The molecule has 0 unspecified atom stereocenters. The van der Waals surface area contributed by atoms with Gasteiger partial charge in [-0.3, -0.25) is 4.98 Å². The quantitative estimate of drug-likeness (QED) is 0.707. The van der Waals surface area contributed by atoms with E-state index in [2.05, 4.69) is 59.0 Å². The summed E-state index contributed by atoms with van der Waals surface area (Å²) in [6.07, 6.45) is 7.60. The molecule has 0 radical (unpaired) electrons. The number of aromatic amines is 1. The van der Waals surface area contributed by atoms with Crippen LogP contribution in [0, 0.1) is 5.92 Å². The number of hydrogen-bond acceptors (Lipinski definition) is 3. The zero-order chi connectivity index (χ0) is 17.4. The molecule has 0 aliphatic carbocycles. The third-order valence-electron chi connectivity index (χ3n) is 4.56. The summed E-state index contributed by atoms with van der Waals surface area (Å²) in [5.41, 5.74) is 6.46. The molecule has 3 aromatic rings. The molecule has 0 saturated heterocycles. The van der Waals surface area contributed by atoms with E-state index in [1.54, 1.807) is 6.08 Å². The Labute approximate surface area is 147 Å². The maximum absolute atomic E-state index is 9.98. The molecule has 0 spiro atoms. The van der Waals surface area contributed by atoms with Gasteiger partial charge in [0.05, 0.1) is 17.6 Å². The fourth-order valence-electron chi connectivity index (χ4n) is 3.27. The first kappa shape index (κ1) is 15.5. The Morgan fingerprint density at radius 3 is 2.84 bits per heavy atom. The van der Waals surface area contributed by atoms with Crippen LogP contribution in [0.3, 0.4) is 0 Å². The Balaban J connectivity index is 1.74. The highest BCUT2D eigenvalue weighted by molar-refractivity contribution is 5.81. The standard InChI is InChI=1S/C21H21N3O/c1-14(2)21-7-6-18(25)13-24(21)17-5-3-4-15(10-17)16-11-20-19(23-12-16)8-9-22-20/h3-12,14,22,25H,13H2,1-2H3. The first-order valence-electron chi connectivity index (χ1n) is 8.52. The second-order valence-corrected chi connectivity index (χ2v) is 6.68. The van der Waals surface area contributed by atoms with E-state index in [1.165, 1.54) is 5.70 Å². The number of nitrogens with one attached hydrogen (secondary N) is 1. The number of pyridine rings is 1. The number of hydrogen-bond donors (Lipinski definition) is 2. The van der Waals surface area contributed by atoms with Gasteiger partial charge in [-0.25, -0.2) is 0 Å². The van der Waals surface area contributed by atoms with Gasteiger partial charge in [0.2, 0.25) is 0 Å². The van der Waals surface area contributed by atoms with Crippen molar-refractivity contribution in [1.82, 2.24) is 9.97 Å². The van der Waals surface area contributed by atoms with E-state index in [9.17, 15) is 5.11 Å². The lowest BCUT2D eigenvalue weighted by Crippen LogP contribution is -2.29. The molecule has 4 heteroatoms. The fourth-order valence-corrected chi connectivity index (χ4v) is 3.27. The summed E-state index contributed by atoms with van der Waals surface area (Å²) in [4.78, 5) is 9.89. The number of aliphatic hydroxyl groups is 1. The van der Waals surface area contributed by atoms with Gasteiger partial charge in [-0.2, -0.15) is 0 Å². The summed E-state index contributed by atoms with van der Waals surface area (Å²) in [6, 6.07) is 12.5. The van der Waals surface area contributed by atoms with Gasteiger partial charge in [0.15, 0.2) is 0 Å². The van der Waals surface area contributed by atoms with Crippen LogP contribution in [0.15, 0.2) is 72.4 Å². The van der Waals surface area contributed by atoms with Crippen molar-refractivity contribution in [2.24, 2.45) is 5.92 Å². The highest BCUT2D eigenvalue weighted by Crippen LogP contribution is 2.31. The largest absolute Gasteiger partial charge is 0.510 e. The normalized spacial score (nSPS) is 14.8. The van der Waals surface area contributed by atoms with Crippen molar-refractivity contribution >= 4 is 16.7 Å². The third kappa shape index (κ3) is 2.91. The monoisotopic (exact) mass is 331 g/mol. The molecule has 4 nitrogen and oxygen atoms in total. The maximum Gasteiger partial charge on any atom is 0.112 e. The van der Waals surface area contributed by atoms with Crippen LogP contribution in [0.2, 0.25) is 0 Å². The van der Waals surface area contributed by atoms with E-state index >= 15 is 0 Å². The zero-order valence-electron chi connectivity index (χ0n) is 14.4. The van der Waals surface area contributed by atoms with Crippen molar-refractivity contribution in [3.8, 4) is 11.1 Å². The van der Waals surface area contributed by atoms with Gasteiger partial charge < -0.3 is 15.0 Å². The molecule has 0 bridgehead atoms. The maximum atomic E-state index is 9.98. The van der Waals surface area contributed by atoms with E-state index in [4.69, 9.17) is 0 Å². The third-order valence-corrected chi connectivity index (χ3v) is 4.56. The van der Waals surface area contributed by atoms with Gasteiger partial charge in [-0.15, -0.1) is 0 Å². The average molecular weight is 331 g/mol. The van der Waals surface area contributed by atoms with Crippen LogP contribution in [0.5, 0.6) is 0 Å². The molecule has 0 saturated carbocycles. The predicted molar refractivity (Wildman–Crippen MR) is 103 cm³/mol. The van der Waals surface area contributed by atoms with Crippen molar-refractivity contribution in [3.63, 3.8) is 0 Å². The minimum Gasteiger partial charge on any atom is -0.510 e. The van der Waals surface area contributed by atoms with Crippen molar-refractivity contribution in [2.45, 2.75) is 13.8 Å². The Kier molecular flexibility index (Phi) is 3.80. The first-order valence-corrected chi connectivity index (χ1v) is 8.52. The number of benzene rings is 1. The summed E-state index contributed by atoms with van der Waals surface area (Å²) >= 11 is 0. The molecule has 25 heavy (non-hydrogen) atoms. The fraction of sp³-hybridized carbons (Fsp3) is 0.190. The number of allylic oxidation sites excluding steroid dienone is 3. The molecule has 4 rings (SSSR count). The Morgan fingerprint density at radius 1 is 1.12 bits per heavy atom. The van der Waals surface area contributed by atoms with Gasteiger partial charge in [0, 0.05) is 29.3 Å². The molecular weight excluding hydrogens is 310 g/mol. The lowest BCUT2D eigenvalue weighted by Gasteiger charge is -2.32. The zero-order valence-corrected chi connectivity index (χ0v) is 14.4. The van der Waals surface area contributed by atoms with Crippen LogP contribution < -0.4 is 4.90 Å². The van der Waals surface area contributed by atoms with Gasteiger partial charge >= 0.3 is 0 Å². The molecular formula is C21H21N3O. The molecule has 1 aliphatic heterocycles. The topological polar surface area (TPSA) is 52.1 Å². The number of anilines is 1. The molecule has 126 valence electrons. The van der Waals surface area contributed by atoms with Crippen LogP contribution in [0.25, 0.3) is 22.2 Å². The van der Waals surface area contributed by atoms with Crippen LogP contribution in [0.1, 0.15) is 13.8 Å². The lowest BCUT2D eigenvalue weighted by atomic mass is 10.0. The van der Waals surface area contributed by atoms with Crippen LogP contribution >= 0.6 is 0 Å². The van der Waals surface area contributed by atoms with Crippen molar-refractivity contribution in [1.29, 1.82) is 0 Å². The van der Waals surface area contributed by atoms with E-state index in [0.29, 0.717) is 18.2 Å². The smallest absolute Gasteiger partial charge is 0.112 e. The Hall–Kier alpha value is -3.01. The highest BCUT2D eigenvalue weighted by atomic mass is 16.3. The summed E-state index contributed by atoms with van der Waals surface area (Å²) in [6.45, 7) is 4.84. The molecule has 0 atom stereocenters. The van der Waals surface area contributed by atoms with Crippen molar-refractivity contribution < 1.29 is 5.11 Å². The molecule has 3 heterocycles. The van der Waals surface area contributed by atoms with Gasteiger partial charge in [0.1, 0.15) is 5.76 Å². The number of rotatable bonds is 3. The van der Waals surface area contributed by atoms with E-state index in [1.807, 2.05) is 24.5 Å². The molecule has 2 N–H and O–H groups in total. The number of H-pyrrole nitrogens is 1. The predicted octanol–water partition coefficient (Wildman–Crippen LogP) is 5.03. The second kappa shape index (κ2) is 6.13. The number of aromatic nitrogens is 2. The van der Waals surface area contributed by atoms with Gasteiger partial charge in [-0.1, -0.05) is 26.0 Å². The lowest BCUT2D eigenvalue weighted by molar-refractivity contribution is 0.397. The van der Waals surface area contributed by atoms with Crippen molar-refractivity contribution in [3.05, 3.63) is 72.4 Å². The second-order valence-electron chi connectivity index (χ2n) is 6.68. The minimum atomic E-state index is 0.379. The Bertz CT molecular complexity index is 981. The minimum absolute atomic E-state index is 0.379. The number of aliphatic hydroxyl groups excluding tert-OH is 1. The molecule has 0 amide bonds. The molecule has 0 fully saturated rings. The van der Waals surface area contributed by atoms with E-state index in [-0.39, 0.29) is 0 Å². The van der Waals surface area contributed by atoms with Crippen LogP contribution in [0.4, 0.5) is 5.69 Å². The van der Waals surface area contributed by atoms with Gasteiger partial charge in [-0.05, 0) is 47.9 Å². The van der Waals surface area contributed by atoms with Crippen LogP contribution in [-0.4, -0.2) is 21.6 Å². The summed E-state index contributed by atoms with van der Waals surface area (Å²) in [5.74, 6) is 0.759. The summed E-state index contributed by atoms with van der Waals surface area (Å²) < 4.78 is 0. The number of nitrogens with zero attached hydrogens (tertiary/aromatic N) is 2. The van der Waals surface area contributed by atoms with E-state index in [0.717, 1.165) is 27.8 Å². The summed E-state index contributed by atoms with van der Waals surface area (Å²) in [7, 11) is 0.